The monoisotopic (exact) mass is 484 g/mol. The molecule has 1 aliphatic carbocycles. The molecule has 9 heteroatoms. The van der Waals surface area contributed by atoms with E-state index in [0.717, 1.165) is 38.9 Å². The Labute approximate surface area is 199 Å². The fourth-order valence-electron chi connectivity index (χ4n) is 3.85. The van der Waals surface area contributed by atoms with Crippen molar-refractivity contribution in [1.82, 2.24) is 20.1 Å². The van der Waals surface area contributed by atoms with Gasteiger partial charge in [-0.15, -0.1) is 32.9 Å². The van der Waals surface area contributed by atoms with Gasteiger partial charge >= 0.3 is 0 Å². The van der Waals surface area contributed by atoms with E-state index >= 15 is 0 Å². The number of fused-ring (bicyclic) bond motifs is 2. The zero-order valence-electron chi connectivity index (χ0n) is 18.2. The third-order valence-electron chi connectivity index (χ3n) is 5.91. The minimum atomic E-state index is -0.0985. The lowest BCUT2D eigenvalue weighted by molar-refractivity contribution is -0.128. The number of benzene rings is 1. The topological polar surface area (TPSA) is 72.1 Å². The fourth-order valence-corrected chi connectivity index (χ4v) is 6.73. The number of nitrogens with zero attached hydrogens (tertiary/aromatic N) is 4. The summed E-state index contributed by atoms with van der Waals surface area (Å²) in [6.45, 7) is 4.30. The van der Waals surface area contributed by atoms with Gasteiger partial charge in [0.05, 0.1) is 26.9 Å². The maximum Gasteiger partial charge on any atom is 0.277 e. The summed E-state index contributed by atoms with van der Waals surface area (Å²) in [7, 11) is 1.82. The van der Waals surface area contributed by atoms with Crippen LogP contribution in [0.1, 0.15) is 41.8 Å². The average Bonchev–Trinajstić information content (AvgIpc) is 3.53. The Morgan fingerprint density at radius 3 is 3.00 bits per heavy atom. The third kappa shape index (κ3) is 4.33. The second-order valence-corrected chi connectivity index (χ2v) is 11.4. The molecule has 32 heavy (non-hydrogen) atoms. The molecule has 1 aliphatic rings. The van der Waals surface area contributed by atoms with Crippen LogP contribution in [-0.2, 0) is 17.6 Å². The first-order chi connectivity index (χ1) is 15.5. The van der Waals surface area contributed by atoms with E-state index in [9.17, 15) is 4.79 Å². The molecule has 3 aromatic heterocycles. The highest BCUT2D eigenvalue weighted by Gasteiger charge is 2.23. The van der Waals surface area contributed by atoms with Crippen molar-refractivity contribution in [3.05, 3.63) is 45.8 Å². The first-order valence-corrected chi connectivity index (χ1v) is 13.3. The molecule has 6 nitrogen and oxygen atoms in total. The Kier molecular flexibility index (Phi) is 6.05. The summed E-state index contributed by atoms with van der Waals surface area (Å²) in [5.41, 5.74) is 2.38. The smallest absolute Gasteiger partial charge is 0.277 e. The number of carbonyl (C=O) groups excluding carboxylic acids is 1. The van der Waals surface area contributed by atoms with Crippen LogP contribution in [0.5, 0.6) is 0 Å². The van der Waals surface area contributed by atoms with Crippen LogP contribution in [0.4, 0.5) is 0 Å². The van der Waals surface area contributed by atoms with E-state index in [4.69, 9.17) is 4.42 Å². The Bertz CT molecular complexity index is 1230. The number of hydrogen-bond acceptors (Lipinski definition) is 8. The molecular weight excluding hydrogens is 460 g/mol. The summed E-state index contributed by atoms with van der Waals surface area (Å²) >= 11 is 4.66. The van der Waals surface area contributed by atoms with Crippen LogP contribution in [0.25, 0.3) is 21.0 Å². The first-order valence-electron chi connectivity index (χ1n) is 10.7. The number of amides is 1. The highest BCUT2D eigenvalue weighted by molar-refractivity contribution is 7.99. The molecule has 3 heterocycles. The van der Waals surface area contributed by atoms with Gasteiger partial charge in [-0.05, 0) is 55.9 Å². The first kappa shape index (κ1) is 21.6. The van der Waals surface area contributed by atoms with Crippen LogP contribution < -0.4 is 0 Å². The number of aromatic nitrogens is 3. The molecule has 0 saturated heterocycles. The van der Waals surface area contributed by atoms with Gasteiger partial charge in [0.25, 0.3) is 11.1 Å². The van der Waals surface area contributed by atoms with Crippen molar-refractivity contribution in [1.29, 1.82) is 0 Å². The minimum absolute atomic E-state index is 0.00193. The van der Waals surface area contributed by atoms with Gasteiger partial charge in [0, 0.05) is 11.9 Å². The number of thiophene rings is 1. The lowest BCUT2D eigenvalue weighted by atomic mass is 9.90. The molecular formula is C23H24N4O2S3. The van der Waals surface area contributed by atoms with Gasteiger partial charge in [0.2, 0.25) is 5.91 Å². The maximum atomic E-state index is 12.8. The Morgan fingerprint density at radius 1 is 1.31 bits per heavy atom. The van der Waals surface area contributed by atoms with Crippen LogP contribution in [0.15, 0.2) is 40.0 Å². The SMILES string of the molecule is C[C@H]1CCc2sc(-c3nnc(SCC(=O)N(C)[C@@H](C)c4nc5ccccc5s4)o3)cc2C1. The largest absolute Gasteiger partial charge is 0.410 e. The van der Waals surface area contributed by atoms with E-state index < -0.39 is 0 Å². The lowest BCUT2D eigenvalue weighted by Gasteiger charge is -2.22. The minimum Gasteiger partial charge on any atom is -0.410 e. The molecule has 5 rings (SSSR count). The molecule has 166 valence electrons. The van der Waals surface area contributed by atoms with Crippen molar-refractivity contribution >= 4 is 50.6 Å². The van der Waals surface area contributed by atoms with Crippen molar-refractivity contribution in [3.63, 3.8) is 0 Å². The van der Waals surface area contributed by atoms with Gasteiger partial charge < -0.3 is 9.32 Å². The quantitative estimate of drug-likeness (QED) is 0.320. The van der Waals surface area contributed by atoms with Gasteiger partial charge in [-0.3, -0.25) is 4.79 Å². The number of thiazole rings is 1. The highest BCUT2D eigenvalue weighted by atomic mass is 32.2. The Morgan fingerprint density at radius 2 is 2.16 bits per heavy atom. The van der Waals surface area contributed by atoms with Gasteiger partial charge in [0.1, 0.15) is 5.01 Å². The van der Waals surface area contributed by atoms with Gasteiger partial charge in [-0.2, -0.15) is 0 Å². The number of hydrogen-bond donors (Lipinski definition) is 0. The van der Waals surface area contributed by atoms with Crippen molar-refractivity contribution in [3.8, 4) is 10.8 Å². The average molecular weight is 485 g/mol. The number of thioether (sulfide) groups is 1. The summed E-state index contributed by atoms with van der Waals surface area (Å²) in [6, 6.07) is 10.1. The van der Waals surface area contributed by atoms with Crippen LogP contribution in [-0.4, -0.2) is 38.8 Å². The van der Waals surface area contributed by atoms with Crippen LogP contribution in [0, 0.1) is 5.92 Å². The molecule has 0 spiro atoms. The maximum absolute atomic E-state index is 12.8. The van der Waals surface area contributed by atoms with Gasteiger partial charge in [-0.25, -0.2) is 4.98 Å². The molecule has 0 radical (unpaired) electrons. The second-order valence-electron chi connectivity index (χ2n) is 8.27. The molecule has 0 N–H and O–H groups in total. The highest BCUT2D eigenvalue weighted by Crippen LogP contribution is 2.37. The molecule has 1 amide bonds. The van der Waals surface area contributed by atoms with E-state index in [2.05, 4.69) is 34.2 Å². The van der Waals surface area contributed by atoms with Crippen LogP contribution in [0.2, 0.25) is 0 Å². The molecule has 0 fully saturated rings. The van der Waals surface area contributed by atoms with Crippen molar-refractivity contribution in [2.24, 2.45) is 5.92 Å². The van der Waals surface area contributed by atoms with E-state index in [1.165, 1.54) is 28.6 Å². The standard InChI is InChI=1S/C23H24N4O2S3/c1-13-8-9-17-15(10-13)11-19(31-17)21-25-26-23(29-21)30-12-20(28)27(3)14(2)22-24-16-6-4-5-7-18(16)32-22/h4-7,11,13-14H,8-10,12H2,1-3H3/t13-,14-/m0/s1. The van der Waals surface area contributed by atoms with Crippen molar-refractivity contribution in [2.45, 2.75) is 44.4 Å². The summed E-state index contributed by atoms with van der Waals surface area (Å²) in [6.07, 6.45) is 3.49. The molecule has 0 unspecified atom stereocenters. The fraction of sp³-hybridized carbons (Fsp3) is 0.391. The van der Waals surface area contributed by atoms with Crippen LogP contribution >= 0.6 is 34.4 Å². The Hall–Kier alpha value is -2.23. The van der Waals surface area contributed by atoms with Crippen molar-refractivity contribution in [2.75, 3.05) is 12.8 Å². The number of para-hydroxylation sites is 1. The van der Waals surface area contributed by atoms with Crippen molar-refractivity contribution < 1.29 is 9.21 Å². The number of carbonyl (C=O) groups is 1. The van der Waals surface area contributed by atoms with Gasteiger partial charge in [-0.1, -0.05) is 30.8 Å². The molecule has 2 atom stereocenters. The lowest BCUT2D eigenvalue weighted by Crippen LogP contribution is -2.31. The number of aryl methyl sites for hydroxylation is 1. The zero-order valence-corrected chi connectivity index (χ0v) is 20.6. The molecule has 0 bridgehead atoms. The van der Waals surface area contributed by atoms with E-state index in [-0.39, 0.29) is 17.7 Å². The summed E-state index contributed by atoms with van der Waals surface area (Å²) in [5.74, 6) is 1.52. The second kappa shape index (κ2) is 8.96. The molecule has 1 aromatic carbocycles. The third-order valence-corrected chi connectivity index (χ3v) is 9.14. The number of rotatable bonds is 6. The van der Waals surface area contributed by atoms with E-state index in [1.54, 1.807) is 27.6 Å². The Balaban J connectivity index is 1.21. The van der Waals surface area contributed by atoms with E-state index in [1.807, 2.05) is 32.2 Å². The summed E-state index contributed by atoms with van der Waals surface area (Å²) in [5, 5.41) is 9.73. The normalized spacial score (nSPS) is 16.8. The van der Waals surface area contributed by atoms with Crippen LogP contribution in [0.3, 0.4) is 0 Å². The zero-order chi connectivity index (χ0) is 22.2. The van der Waals surface area contributed by atoms with E-state index in [0.29, 0.717) is 11.1 Å². The molecule has 0 saturated carbocycles. The predicted octanol–water partition coefficient (Wildman–Crippen LogP) is 5.84. The molecule has 4 aromatic rings. The molecule has 0 aliphatic heterocycles. The summed E-state index contributed by atoms with van der Waals surface area (Å²) < 4.78 is 6.99. The summed E-state index contributed by atoms with van der Waals surface area (Å²) in [4.78, 5) is 21.7. The van der Waals surface area contributed by atoms with Gasteiger partial charge in [0.15, 0.2) is 0 Å². The predicted molar refractivity (Wildman–Crippen MR) is 130 cm³/mol.